The van der Waals surface area contributed by atoms with Gasteiger partial charge in [-0.3, -0.25) is 0 Å². The van der Waals surface area contributed by atoms with Gasteiger partial charge >= 0.3 is 0 Å². The van der Waals surface area contributed by atoms with Crippen LogP contribution in [0.3, 0.4) is 0 Å². The molecule has 1 heterocycles. The van der Waals surface area contributed by atoms with E-state index in [-0.39, 0.29) is 0 Å². The van der Waals surface area contributed by atoms with Crippen LogP contribution in [0.25, 0.3) is 0 Å². The molecule has 106 valence electrons. The van der Waals surface area contributed by atoms with E-state index in [9.17, 15) is 0 Å². The van der Waals surface area contributed by atoms with Crippen LogP contribution >= 0.6 is 15.9 Å². The van der Waals surface area contributed by atoms with Crippen molar-refractivity contribution < 1.29 is 4.74 Å². The number of halogens is 1. The lowest BCUT2D eigenvalue weighted by Gasteiger charge is -2.09. The maximum absolute atomic E-state index is 5.85. The molecule has 0 saturated carbocycles. The number of hydrogen-bond acceptors (Lipinski definition) is 3. The van der Waals surface area contributed by atoms with E-state index in [1.807, 2.05) is 37.3 Å². The Labute approximate surface area is 128 Å². The third-order valence-electron chi connectivity index (χ3n) is 2.91. The highest BCUT2D eigenvalue weighted by Crippen LogP contribution is 2.26. The largest absolute Gasteiger partial charge is 0.439 e. The number of aryl methyl sites for hydroxylation is 1. The van der Waals surface area contributed by atoms with Gasteiger partial charge in [0.05, 0.1) is 0 Å². The average molecular weight is 335 g/mol. The third-order valence-corrected chi connectivity index (χ3v) is 3.40. The van der Waals surface area contributed by atoms with Crippen molar-refractivity contribution in [2.24, 2.45) is 0 Å². The van der Waals surface area contributed by atoms with Crippen LogP contribution in [-0.2, 0) is 6.54 Å². The van der Waals surface area contributed by atoms with E-state index in [0.717, 1.165) is 35.3 Å². The molecule has 4 heteroatoms. The first-order chi connectivity index (χ1) is 9.69. The van der Waals surface area contributed by atoms with Crippen molar-refractivity contribution in [1.29, 1.82) is 0 Å². The quantitative estimate of drug-likeness (QED) is 0.792. The van der Waals surface area contributed by atoms with Crippen LogP contribution in [0, 0.1) is 6.92 Å². The molecule has 0 spiro atoms. The van der Waals surface area contributed by atoms with Crippen molar-refractivity contribution >= 4 is 15.9 Å². The molecule has 0 fully saturated rings. The fraction of sp³-hybridized carbons (Fsp3) is 0.312. The summed E-state index contributed by atoms with van der Waals surface area (Å²) in [5.74, 6) is 1.46. The van der Waals surface area contributed by atoms with Gasteiger partial charge in [-0.05, 0) is 55.3 Å². The summed E-state index contributed by atoms with van der Waals surface area (Å²) in [5.41, 5.74) is 2.26. The highest BCUT2D eigenvalue weighted by molar-refractivity contribution is 9.10. The summed E-state index contributed by atoms with van der Waals surface area (Å²) < 4.78 is 6.90. The molecular weight excluding hydrogens is 316 g/mol. The second-order valence-electron chi connectivity index (χ2n) is 4.69. The first-order valence-electron chi connectivity index (χ1n) is 6.78. The number of rotatable bonds is 6. The minimum Gasteiger partial charge on any atom is -0.439 e. The van der Waals surface area contributed by atoms with E-state index in [1.54, 1.807) is 6.20 Å². The summed E-state index contributed by atoms with van der Waals surface area (Å²) in [6.07, 6.45) is 2.92. The van der Waals surface area contributed by atoms with E-state index >= 15 is 0 Å². The zero-order valence-electron chi connectivity index (χ0n) is 11.8. The molecule has 1 N–H and O–H groups in total. The minimum atomic E-state index is 0.631. The predicted molar refractivity (Wildman–Crippen MR) is 85.2 cm³/mol. The lowest BCUT2D eigenvalue weighted by molar-refractivity contribution is 0.458. The minimum absolute atomic E-state index is 0.631. The lowest BCUT2D eigenvalue weighted by atomic mass is 10.2. The fourth-order valence-electron chi connectivity index (χ4n) is 1.87. The second kappa shape index (κ2) is 7.41. The van der Waals surface area contributed by atoms with Crippen molar-refractivity contribution in [2.75, 3.05) is 6.54 Å². The number of hydrogen-bond donors (Lipinski definition) is 1. The standard InChI is InChI=1S/C16H19BrN2O/c1-3-7-18-11-13-6-8-19-16(10-13)20-15-5-4-14(17)9-12(15)2/h4-6,8-10,18H,3,7,11H2,1-2H3. The van der Waals surface area contributed by atoms with Crippen LogP contribution in [0.4, 0.5) is 0 Å². The summed E-state index contributed by atoms with van der Waals surface area (Å²) in [4.78, 5) is 4.26. The number of ether oxygens (including phenoxy) is 1. The van der Waals surface area contributed by atoms with Gasteiger partial charge in [0.25, 0.3) is 0 Å². The molecule has 2 aromatic rings. The molecule has 0 radical (unpaired) electrons. The Bertz CT molecular complexity index is 572. The maximum Gasteiger partial charge on any atom is 0.219 e. The fourth-order valence-corrected chi connectivity index (χ4v) is 2.34. The normalized spacial score (nSPS) is 10.6. The Morgan fingerprint density at radius 1 is 1.25 bits per heavy atom. The van der Waals surface area contributed by atoms with E-state index in [0.29, 0.717) is 5.88 Å². The number of nitrogens with one attached hydrogen (secondary N) is 1. The molecule has 0 aliphatic heterocycles. The average Bonchev–Trinajstić information content (AvgIpc) is 2.43. The van der Waals surface area contributed by atoms with Gasteiger partial charge in [0.1, 0.15) is 5.75 Å². The van der Waals surface area contributed by atoms with E-state index in [2.05, 4.69) is 33.2 Å². The molecule has 0 bridgehead atoms. The first kappa shape index (κ1) is 15.0. The van der Waals surface area contributed by atoms with Crippen LogP contribution < -0.4 is 10.1 Å². The highest BCUT2D eigenvalue weighted by atomic mass is 79.9. The van der Waals surface area contributed by atoms with Crippen molar-refractivity contribution in [1.82, 2.24) is 10.3 Å². The predicted octanol–water partition coefficient (Wildman–Crippen LogP) is 4.44. The zero-order chi connectivity index (χ0) is 14.4. The Morgan fingerprint density at radius 3 is 2.85 bits per heavy atom. The summed E-state index contributed by atoms with van der Waals surface area (Å²) >= 11 is 3.45. The summed E-state index contributed by atoms with van der Waals surface area (Å²) in [6, 6.07) is 9.92. The Morgan fingerprint density at radius 2 is 2.10 bits per heavy atom. The van der Waals surface area contributed by atoms with Crippen molar-refractivity contribution in [3.8, 4) is 11.6 Å². The van der Waals surface area contributed by atoms with Crippen LogP contribution in [0.2, 0.25) is 0 Å². The van der Waals surface area contributed by atoms with Gasteiger partial charge in [-0.2, -0.15) is 0 Å². The van der Waals surface area contributed by atoms with Gasteiger partial charge in [-0.25, -0.2) is 4.98 Å². The third kappa shape index (κ3) is 4.32. The van der Waals surface area contributed by atoms with Crippen molar-refractivity contribution in [3.63, 3.8) is 0 Å². The molecule has 2 rings (SSSR count). The van der Waals surface area contributed by atoms with Crippen molar-refractivity contribution in [2.45, 2.75) is 26.8 Å². The SMILES string of the molecule is CCCNCc1ccnc(Oc2ccc(Br)cc2C)c1. The molecular formula is C16H19BrN2O. The highest BCUT2D eigenvalue weighted by Gasteiger charge is 2.04. The first-order valence-corrected chi connectivity index (χ1v) is 7.58. The van der Waals surface area contributed by atoms with Gasteiger partial charge in [-0.1, -0.05) is 22.9 Å². The van der Waals surface area contributed by atoms with Gasteiger partial charge in [0.2, 0.25) is 5.88 Å². The molecule has 0 aliphatic carbocycles. The molecule has 1 aromatic heterocycles. The van der Waals surface area contributed by atoms with E-state index < -0.39 is 0 Å². The smallest absolute Gasteiger partial charge is 0.219 e. The number of nitrogens with zero attached hydrogens (tertiary/aromatic N) is 1. The zero-order valence-corrected chi connectivity index (χ0v) is 13.4. The molecule has 20 heavy (non-hydrogen) atoms. The molecule has 0 unspecified atom stereocenters. The molecule has 3 nitrogen and oxygen atoms in total. The van der Waals surface area contributed by atoms with Gasteiger partial charge in [0, 0.05) is 23.3 Å². The van der Waals surface area contributed by atoms with Gasteiger partial charge in [0.15, 0.2) is 0 Å². The maximum atomic E-state index is 5.85. The number of aromatic nitrogens is 1. The Kier molecular flexibility index (Phi) is 5.56. The summed E-state index contributed by atoms with van der Waals surface area (Å²) in [5, 5.41) is 3.37. The van der Waals surface area contributed by atoms with Crippen LogP contribution in [0.15, 0.2) is 41.0 Å². The monoisotopic (exact) mass is 334 g/mol. The number of pyridine rings is 1. The van der Waals surface area contributed by atoms with Crippen LogP contribution in [0.1, 0.15) is 24.5 Å². The molecule has 0 atom stereocenters. The summed E-state index contributed by atoms with van der Waals surface area (Å²) in [6.45, 7) is 6.04. The topological polar surface area (TPSA) is 34.2 Å². The van der Waals surface area contributed by atoms with Crippen LogP contribution in [-0.4, -0.2) is 11.5 Å². The molecule has 0 saturated heterocycles. The number of benzene rings is 1. The van der Waals surface area contributed by atoms with E-state index in [4.69, 9.17) is 4.74 Å². The summed E-state index contributed by atoms with van der Waals surface area (Å²) in [7, 11) is 0. The van der Waals surface area contributed by atoms with Gasteiger partial charge < -0.3 is 10.1 Å². The molecule has 0 aliphatic rings. The van der Waals surface area contributed by atoms with Gasteiger partial charge in [-0.15, -0.1) is 0 Å². The molecule has 1 aromatic carbocycles. The second-order valence-corrected chi connectivity index (χ2v) is 5.61. The Balaban J connectivity index is 2.07. The van der Waals surface area contributed by atoms with Crippen molar-refractivity contribution in [3.05, 3.63) is 52.1 Å². The molecule has 0 amide bonds. The van der Waals surface area contributed by atoms with Crippen LogP contribution in [0.5, 0.6) is 11.6 Å². The Hall–Kier alpha value is -1.39. The lowest BCUT2D eigenvalue weighted by Crippen LogP contribution is -2.13. The van der Waals surface area contributed by atoms with E-state index in [1.165, 1.54) is 5.56 Å².